The maximum absolute atomic E-state index is 13.8. The van der Waals surface area contributed by atoms with Crippen molar-refractivity contribution in [3.8, 4) is 0 Å². The van der Waals surface area contributed by atoms with Crippen molar-refractivity contribution in [1.29, 1.82) is 0 Å². The molecule has 2 rings (SSSR count). The molecular formula is C17H23FN4. The summed E-state index contributed by atoms with van der Waals surface area (Å²) >= 11 is 0. The van der Waals surface area contributed by atoms with Crippen molar-refractivity contribution < 1.29 is 4.39 Å². The van der Waals surface area contributed by atoms with E-state index in [-0.39, 0.29) is 11.9 Å². The van der Waals surface area contributed by atoms with Crippen molar-refractivity contribution in [2.24, 2.45) is 5.73 Å². The summed E-state index contributed by atoms with van der Waals surface area (Å²) in [6.45, 7) is 3.33. The Morgan fingerprint density at radius 1 is 1.18 bits per heavy atom. The lowest BCUT2D eigenvalue weighted by molar-refractivity contribution is 0.449. The molecule has 1 atom stereocenters. The highest BCUT2D eigenvalue weighted by atomic mass is 19.1. The molecule has 2 aromatic heterocycles. The van der Waals surface area contributed by atoms with E-state index >= 15 is 0 Å². The van der Waals surface area contributed by atoms with Crippen LogP contribution in [0.3, 0.4) is 0 Å². The number of rotatable bonds is 8. The van der Waals surface area contributed by atoms with E-state index in [1.807, 2.05) is 19.1 Å². The van der Waals surface area contributed by atoms with E-state index < -0.39 is 0 Å². The third kappa shape index (κ3) is 4.86. The van der Waals surface area contributed by atoms with Crippen molar-refractivity contribution in [2.45, 2.75) is 38.8 Å². The number of hydrogen-bond acceptors (Lipinski definition) is 4. The highest BCUT2D eigenvalue weighted by molar-refractivity contribution is 5.17. The van der Waals surface area contributed by atoms with Gasteiger partial charge in [-0.05, 0) is 50.1 Å². The van der Waals surface area contributed by atoms with Crippen LogP contribution >= 0.6 is 0 Å². The molecule has 4 nitrogen and oxygen atoms in total. The summed E-state index contributed by atoms with van der Waals surface area (Å²) in [5.74, 6) is -0.254. The lowest BCUT2D eigenvalue weighted by Gasteiger charge is -2.19. The highest BCUT2D eigenvalue weighted by Crippen LogP contribution is 2.11. The first-order chi connectivity index (χ1) is 10.7. The van der Waals surface area contributed by atoms with E-state index in [0.717, 1.165) is 24.1 Å². The third-order valence-electron chi connectivity index (χ3n) is 3.71. The molecule has 0 fully saturated rings. The van der Waals surface area contributed by atoms with Crippen LogP contribution in [0.4, 0.5) is 4.39 Å². The normalized spacial score (nSPS) is 12.3. The maximum Gasteiger partial charge on any atom is 0.144 e. The Labute approximate surface area is 131 Å². The summed E-state index contributed by atoms with van der Waals surface area (Å²) in [6, 6.07) is 7.16. The van der Waals surface area contributed by atoms with E-state index in [9.17, 15) is 4.39 Å². The van der Waals surface area contributed by atoms with Crippen molar-refractivity contribution in [2.75, 3.05) is 6.54 Å². The lowest BCUT2D eigenvalue weighted by atomic mass is 10.0. The van der Waals surface area contributed by atoms with Gasteiger partial charge in [-0.15, -0.1) is 0 Å². The summed E-state index contributed by atoms with van der Waals surface area (Å²) in [7, 11) is 0. The van der Waals surface area contributed by atoms with E-state index in [2.05, 4.69) is 15.3 Å². The minimum atomic E-state index is -0.254. The van der Waals surface area contributed by atoms with Crippen LogP contribution in [0.25, 0.3) is 0 Å². The molecule has 2 aromatic rings. The molecule has 0 saturated carbocycles. The van der Waals surface area contributed by atoms with Crippen LogP contribution < -0.4 is 11.1 Å². The average molecular weight is 302 g/mol. The predicted octanol–water partition coefficient (Wildman–Crippen LogP) is 2.36. The van der Waals surface area contributed by atoms with E-state index in [1.165, 1.54) is 6.07 Å². The SMILES string of the molecule is Cc1cccnc1CNC(CCCN)Cc1ncccc1F. The molecule has 0 radical (unpaired) electrons. The Morgan fingerprint density at radius 3 is 2.59 bits per heavy atom. The van der Waals surface area contributed by atoms with E-state index in [1.54, 1.807) is 18.5 Å². The van der Waals surface area contributed by atoms with Gasteiger partial charge in [0.25, 0.3) is 0 Å². The summed E-state index contributed by atoms with van der Waals surface area (Å²) in [5, 5.41) is 3.46. The molecule has 0 aromatic carbocycles. The molecule has 0 spiro atoms. The Balaban J connectivity index is 2.00. The average Bonchev–Trinajstić information content (AvgIpc) is 2.53. The zero-order chi connectivity index (χ0) is 15.8. The van der Waals surface area contributed by atoms with Crippen LogP contribution in [-0.2, 0) is 13.0 Å². The lowest BCUT2D eigenvalue weighted by Crippen LogP contribution is -2.32. The van der Waals surface area contributed by atoms with Crippen molar-refractivity contribution in [1.82, 2.24) is 15.3 Å². The first kappa shape index (κ1) is 16.5. The number of nitrogens with two attached hydrogens (primary N) is 1. The topological polar surface area (TPSA) is 63.8 Å². The van der Waals surface area contributed by atoms with Gasteiger partial charge >= 0.3 is 0 Å². The number of hydrogen-bond donors (Lipinski definition) is 2. The molecule has 0 aliphatic heterocycles. The van der Waals surface area contributed by atoms with Crippen LogP contribution in [0.5, 0.6) is 0 Å². The molecule has 0 saturated heterocycles. The van der Waals surface area contributed by atoms with Gasteiger partial charge in [0, 0.05) is 31.4 Å². The van der Waals surface area contributed by atoms with Crippen LogP contribution in [0.1, 0.15) is 29.8 Å². The second-order valence-corrected chi connectivity index (χ2v) is 5.41. The first-order valence-corrected chi connectivity index (χ1v) is 7.64. The van der Waals surface area contributed by atoms with Gasteiger partial charge in [0.1, 0.15) is 5.82 Å². The minimum absolute atomic E-state index is 0.134. The molecule has 0 amide bonds. The van der Waals surface area contributed by atoms with Gasteiger partial charge in [0.15, 0.2) is 0 Å². The summed E-state index contributed by atoms with van der Waals surface area (Å²) in [6.07, 6.45) is 5.75. The van der Waals surface area contributed by atoms with Gasteiger partial charge in [-0.2, -0.15) is 0 Å². The Morgan fingerprint density at radius 2 is 1.91 bits per heavy atom. The number of aryl methyl sites for hydroxylation is 1. The number of nitrogens with one attached hydrogen (secondary N) is 1. The fourth-order valence-electron chi connectivity index (χ4n) is 2.39. The van der Waals surface area contributed by atoms with Crippen LogP contribution in [-0.4, -0.2) is 22.6 Å². The zero-order valence-electron chi connectivity index (χ0n) is 12.9. The van der Waals surface area contributed by atoms with Crippen LogP contribution in [0.2, 0.25) is 0 Å². The zero-order valence-corrected chi connectivity index (χ0v) is 12.9. The number of nitrogens with zero attached hydrogens (tertiary/aromatic N) is 2. The van der Waals surface area contributed by atoms with E-state index in [0.29, 0.717) is 25.2 Å². The predicted molar refractivity (Wildman–Crippen MR) is 85.8 cm³/mol. The fourth-order valence-corrected chi connectivity index (χ4v) is 2.39. The van der Waals surface area contributed by atoms with Gasteiger partial charge in [0.05, 0.1) is 11.4 Å². The molecule has 5 heteroatoms. The molecule has 3 N–H and O–H groups in total. The van der Waals surface area contributed by atoms with Gasteiger partial charge < -0.3 is 11.1 Å². The largest absolute Gasteiger partial charge is 0.330 e. The monoisotopic (exact) mass is 302 g/mol. The quantitative estimate of drug-likeness (QED) is 0.786. The second-order valence-electron chi connectivity index (χ2n) is 5.41. The van der Waals surface area contributed by atoms with Gasteiger partial charge in [-0.3, -0.25) is 9.97 Å². The summed E-state index contributed by atoms with van der Waals surface area (Å²) in [4.78, 5) is 8.52. The molecular weight excluding hydrogens is 279 g/mol. The molecule has 22 heavy (non-hydrogen) atoms. The number of pyridine rings is 2. The van der Waals surface area contributed by atoms with Crippen molar-refractivity contribution in [3.05, 3.63) is 59.4 Å². The van der Waals surface area contributed by atoms with Crippen LogP contribution in [0.15, 0.2) is 36.7 Å². The molecule has 2 heterocycles. The second kappa shape index (κ2) is 8.56. The summed E-state index contributed by atoms with van der Waals surface area (Å²) in [5.41, 5.74) is 8.26. The Kier molecular flexibility index (Phi) is 6.43. The van der Waals surface area contributed by atoms with Gasteiger partial charge in [-0.25, -0.2) is 4.39 Å². The molecule has 0 aliphatic carbocycles. The van der Waals surface area contributed by atoms with Gasteiger partial charge in [0.2, 0.25) is 0 Å². The Hall–Kier alpha value is -1.85. The van der Waals surface area contributed by atoms with Crippen LogP contribution in [0, 0.1) is 12.7 Å². The first-order valence-electron chi connectivity index (χ1n) is 7.64. The summed E-state index contributed by atoms with van der Waals surface area (Å²) < 4.78 is 13.8. The maximum atomic E-state index is 13.8. The molecule has 0 bridgehead atoms. The van der Waals surface area contributed by atoms with Crippen molar-refractivity contribution >= 4 is 0 Å². The molecule has 118 valence electrons. The Bertz CT molecular complexity index is 588. The highest BCUT2D eigenvalue weighted by Gasteiger charge is 2.13. The van der Waals surface area contributed by atoms with E-state index in [4.69, 9.17) is 5.73 Å². The molecule has 0 aliphatic rings. The minimum Gasteiger partial charge on any atom is -0.330 e. The van der Waals surface area contributed by atoms with Crippen molar-refractivity contribution in [3.63, 3.8) is 0 Å². The standard InChI is InChI=1S/C17H23FN4/c1-13-5-3-9-21-17(13)12-22-14(6-2-8-19)11-16-15(18)7-4-10-20-16/h3-5,7,9-10,14,22H,2,6,8,11-12,19H2,1H3. The number of halogens is 1. The van der Waals surface area contributed by atoms with Gasteiger partial charge in [-0.1, -0.05) is 6.07 Å². The smallest absolute Gasteiger partial charge is 0.144 e. The third-order valence-corrected chi connectivity index (χ3v) is 3.71. The molecule has 1 unspecified atom stereocenters. The number of aromatic nitrogens is 2. The fraction of sp³-hybridized carbons (Fsp3) is 0.412.